The van der Waals surface area contributed by atoms with Gasteiger partial charge in [0.2, 0.25) is 0 Å². The van der Waals surface area contributed by atoms with Crippen LogP contribution in [0.3, 0.4) is 0 Å². The van der Waals surface area contributed by atoms with Crippen LogP contribution in [0.1, 0.15) is 29.6 Å². The molecule has 0 aromatic heterocycles. The third-order valence-electron chi connectivity index (χ3n) is 3.88. The van der Waals surface area contributed by atoms with Crippen molar-refractivity contribution in [2.45, 2.75) is 24.9 Å². The summed E-state index contributed by atoms with van der Waals surface area (Å²) in [5.74, 6) is 0.119. The van der Waals surface area contributed by atoms with Gasteiger partial charge in [-0.1, -0.05) is 34.1 Å². The molecule has 0 aliphatic carbocycles. The molecule has 1 aromatic rings. The van der Waals surface area contributed by atoms with Crippen molar-refractivity contribution >= 4 is 21.7 Å². The Balaban J connectivity index is 1.82. The first-order chi connectivity index (χ1) is 10.0. The van der Waals surface area contributed by atoms with Gasteiger partial charge in [-0.2, -0.15) is 0 Å². The lowest BCUT2D eigenvalue weighted by Gasteiger charge is -2.35. The zero-order chi connectivity index (χ0) is 15.3. The summed E-state index contributed by atoms with van der Waals surface area (Å²) in [5.41, 5.74) is 0.0410. The molecule has 0 radical (unpaired) electrons. The molecule has 0 bridgehead atoms. The summed E-state index contributed by atoms with van der Waals surface area (Å²) < 4.78 is 6.11. The van der Waals surface area contributed by atoms with Crippen molar-refractivity contribution in [3.8, 4) is 0 Å². The van der Waals surface area contributed by atoms with Crippen LogP contribution in [0.4, 0.5) is 0 Å². The molecule has 1 N–H and O–H groups in total. The molecule has 0 spiro atoms. The fraction of sp³-hybridized carbons (Fsp3) is 0.562. The molecule has 5 heteroatoms. The lowest BCUT2D eigenvalue weighted by molar-refractivity contribution is -0.0767. The summed E-state index contributed by atoms with van der Waals surface area (Å²) in [5, 5.41) is 10.5. The maximum absolute atomic E-state index is 12.2. The lowest BCUT2D eigenvalue weighted by Crippen LogP contribution is -2.46. The van der Waals surface area contributed by atoms with E-state index in [9.17, 15) is 9.90 Å². The number of aliphatic hydroxyl groups is 1. The molecule has 21 heavy (non-hydrogen) atoms. The Morgan fingerprint density at radius 1 is 1.38 bits per heavy atom. The molecule has 0 unspecified atom stereocenters. The van der Waals surface area contributed by atoms with Crippen molar-refractivity contribution < 1.29 is 14.6 Å². The largest absolute Gasteiger partial charge is 0.388 e. The Kier molecular flexibility index (Phi) is 5.93. The zero-order valence-corrected chi connectivity index (χ0v) is 13.9. The van der Waals surface area contributed by atoms with Crippen LogP contribution in [0.2, 0.25) is 0 Å². The number of ketones is 1. The first-order valence-electron chi connectivity index (χ1n) is 7.27. The van der Waals surface area contributed by atoms with E-state index in [1.54, 1.807) is 0 Å². The van der Waals surface area contributed by atoms with Crippen LogP contribution in [-0.4, -0.2) is 54.7 Å². The van der Waals surface area contributed by atoms with Crippen LogP contribution in [-0.2, 0) is 4.74 Å². The molecule has 116 valence electrons. The summed E-state index contributed by atoms with van der Waals surface area (Å²) in [6.45, 7) is 2.45. The van der Waals surface area contributed by atoms with Crippen molar-refractivity contribution in [1.82, 2.24) is 4.90 Å². The molecule has 4 nitrogen and oxygen atoms in total. The summed E-state index contributed by atoms with van der Waals surface area (Å²) in [4.78, 5) is 14.2. The van der Waals surface area contributed by atoms with Crippen LogP contribution in [0.5, 0.6) is 0 Å². The molecule has 0 saturated carbocycles. The van der Waals surface area contributed by atoms with E-state index in [-0.39, 0.29) is 5.78 Å². The van der Waals surface area contributed by atoms with Crippen LogP contribution < -0.4 is 0 Å². The topological polar surface area (TPSA) is 49.8 Å². The molecular weight excluding hydrogens is 334 g/mol. The van der Waals surface area contributed by atoms with Gasteiger partial charge in [0.15, 0.2) is 5.78 Å². The Bertz CT molecular complexity index is 486. The number of hydrogen-bond acceptors (Lipinski definition) is 4. The minimum atomic E-state index is -0.677. The number of nitrogens with zero attached hydrogens (tertiary/aromatic N) is 1. The number of ether oxygens (including phenoxy) is 1. The molecule has 1 heterocycles. The standard InChI is InChI=1S/C16H22BrNO3/c1-18(12-16(20)7-10-21-11-8-16)9-6-15(19)13-4-2-3-5-14(13)17/h2-5,20H,6-12H2,1H3. The first-order valence-corrected chi connectivity index (χ1v) is 8.06. The fourth-order valence-corrected chi connectivity index (χ4v) is 3.11. The summed E-state index contributed by atoms with van der Waals surface area (Å²) in [6, 6.07) is 7.47. The second kappa shape index (κ2) is 7.49. The number of hydrogen-bond donors (Lipinski definition) is 1. The van der Waals surface area contributed by atoms with Gasteiger partial charge in [-0.15, -0.1) is 0 Å². The van der Waals surface area contributed by atoms with Crippen LogP contribution in [0.15, 0.2) is 28.7 Å². The molecule has 1 aromatic carbocycles. The second-order valence-electron chi connectivity index (χ2n) is 5.73. The van der Waals surface area contributed by atoms with Crippen molar-refractivity contribution in [3.63, 3.8) is 0 Å². The predicted molar refractivity (Wildman–Crippen MR) is 85.6 cm³/mol. The van der Waals surface area contributed by atoms with E-state index in [4.69, 9.17) is 4.74 Å². The van der Waals surface area contributed by atoms with Gasteiger partial charge < -0.3 is 14.7 Å². The molecule has 1 fully saturated rings. The van der Waals surface area contributed by atoms with E-state index >= 15 is 0 Å². The van der Waals surface area contributed by atoms with E-state index in [0.717, 1.165) is 10.0 Å². The van der Waals surface area contributed by atoms with Gasteiger partial charge in [-0.3, -0.25) is 4.79 Å². The average molecular weight is 356 g/mol. The highest BCUT2D eigenvalue weighted by Gasteiger charge is 2.30. The highest BCUT2D eigenvalue weighted by Crippen LogP contribution is 2.22. The third-order valence-corrected chi connectivity index (χ3v) is 4.57. The molecule has 0 amide bonds. The summed E-state index contributed by atoms with van der Waals surface area (Å²) >= 11 is 3.40. The highest BCUT2D eigenvalue weighted by molar-refractivity contribution is 9.10. The Morgan fingerprint density at radius 3 is 2.71 bits per heavy atom. The fourth-order valence-electron chi connectivity index (χ4n) is 2.61. The highest BCUT2D eigenvalue weighted by atomic mass is 79.9. The van der Waals surface area contributed by atoms with Crippen molar-refractivity contribution in [2.24, 2.45) is 0 Å². The van der Waals surface area contributed by atoms with Crippen LogP contribution in [0, 0.1) is 0 Å². The average Bonchev–Trinajstić information content (AvgIpc) is 2.45. The molecule has 2 rings (SSSR count). The monoisotopic (exact) mass is 355 g/mol. The van der Waals surface area contributed by atoms with Gasteiger partial charge in [-0.05, 0) is 13.1 Å². The Hall–Kier alpha value is -0.750. The molecule has 0 atom stereocenters. The number of likely N-dealkylation sites (N-methyl/N-ethyl adjacent to an activating group) is 1. The summed E-state index contributed by atoms with van der Waals surface area (Å²) in [7, 11) is 1.95. The van der Waals surface area contributed by atoms with Gasteiger partial charge in [0.05, 0.1) is 5.60 Å². The van der Waals surface area contributed by atoms with Gasteiger partial charge in [0, 0.05) is 55.6 Å². The van der Waals surface area contributed by atoms with E-state index in [1.807, 2.05) is 36.2 Å². The van der Waals surface area contributed by atoms with E-state index in [0.29, 0.717) is 45.6 Å². The number of carbonyl (C=O) groups is 1. The third kappa shape index (κ3) is 4.88. The molecule has 1 aliphatic heterocycles. The number of rotatable bonds is 6. The molecule has 1 aliphatic rings. The lowest BCUT2D eigenvalue weighted by atomic mass is 9.94. The number of Topliss-reactive ketones (excluding diaryl/α,β-unsaturated/α-hetero) is 1. The van der Waals surface area contributed by atoms with E-state index in [1.165, 1.54) is 0 Å². The molecular formula is C16H22BrNO3. The van der Waals surface area contributed by atoms with E-state index in [2.05, 4.69) is 15.9 Å². The number of benzene rings is 1. The molecule has 1 saturated heterocycles. The van der Waals surface area contributed by atoms with Crippen molar-refractivity contribution in [1.29, 1.82) is 0 Å². The maximum atomic E-state index is 12.2. The first kappa shape index (κ1) is 16.6. The SMILES string of the molecule is CN(CCC(=O)c1ccccc1Br)CC1(O)CCOCC1. The van der Waals surface area contributed by atoms with Crippen molar-refractivity contribution in [2.75, 3.05) is 33.4 Å². The minimum absolute atomic E-state index is 0.119. The maximum Gasteiger partial charge on any atom is 0.165 e. The zero-order valence-electron chi connectivity index (χ0n) is 12.3. The van der Waals surface area contributed by atoms with Gasteiger partial charge in [0.1, 0.15) is 0 Å². The second-order valence-corrected chi connectivity index (χ2v) is 6.58. The number of carbonyl (C=O) groups excluding carboxylic acids is 1. The van der Waals surface area contributed by atoms with Crippen molar-refractivity contribution in [3.05, 3.63) is 34.3 Å². The quantitative estimate of drug-likeness (QED) is 0.796. The predicted octanol–water partition coefficient (Wildman–Crippen LogP) is 2.50. The van der Waals surface area contributed by atoms with Gasteiger partial charge >= 0.3 is 0 Å². The number of halogens is 1. The van der Waals surface area contributed by atoms with Crippen LogP contribution >= 0.6 is 15.9 Å². The minimum Gasteiger partial charge on any atom is -0.388 e. The summed E-state index contributed by atoms with van der Waals surface area (Å²) in [6.07, 6.45) is 1.77. The Labute approximate surface area is 134 Å². The van der Waals surface area contributed by atoms with E-state index < -0.39 is 5.60 Å². The van der Waals surface area contributed by atoms with Gasteiger partial charge in [-0.25, -0.2) is 0 Å². The van der Waals surface area contributed by atoms with Gasteiger partial charge in [0.25, 0.3) is 0 Å². The smallest absolute Gasteiger partial charge is 0.165 e. The Morgan fingerprint density at radius 2 is 2.05 bits per heavy atom. The normalized spacial score (nSPS) is 17.9. The van der Waals surface area contributed by atoms with Crippen LogP contribution in [0.25, 0.3) is 0 Å².